The molecule has 2 aromatic rings. The molecule has 0 saturated heterocycles. The van der Waals surface area contributed by atoms with E-state index in [1.807, 2.05) is 68.4 Å². The monoisotopic (exact) mass is 380 g/mol. The molecule has 0 saturated carbocycles. The SMILES string of the molecule is CC[C@H](C)[C@@H](CO)NC(=O)[C@@H](Cc1ccccc1)N1Cc2ccccc2C1=O. The predicted molar refractivity (Wildman–Crippen MR) is 109 cm³/mol. The van der Waals surface area contributed by atoms with Gasteiger partial charge in [-0.25, -0.2) is 0 Å². The van der Waals surface area contributed by atoms with Crippen molar-refractivity contribution in [2.45, 2.75) is 45.3 Å². The molecule has 148 valence electrons. The number of aliphatic hydroxyl groups is 1. The van der Waals surface area contributed by atoms with Gasteiger partial charge in [-0.05, 0) is 23.1 Å². The van der Waals surface area contributed by atoms with Gasteiger partial charge in [0.15, 0.2) is 0 Å². The molecule has 0 aliphatic carbocycles. The van der Waals surface area contributed by atoms with Crippen molar-refractivity contribution in [3.63, 3.8) is 0 Å². The minimum atomic E-state index is -0.625. The van der Waals surface area contributed by atoms with Crippen molar-refractivity contribution in [3.05, 3.63) is 71.3 Å². The zero-order chi connectivity index (χ0) is 20.1. The number of amides is 2. The van der Waals surface area contributed by atoms with Crippen molar-refractivity contribution < 1.29 is 14.7 Å². The molecule has 1 aliphatic heterocycles. The van der Waals surface area contributed by atoms with Gasteiger partial charge >= 0.3 is 0 Å². The van der Waals surface area contributed by atoms with Crippen LogP contribution in [0.25, 0.3) is 0 Å². The number of hydrogen-bond donors (Lipinski definition) is 2. The first-order valence-electron chi connectivity index (χ1n) is 9.89. The molecule has 28 heavy (non-hydrogen) atoms. The lowest BCUT2D eigenvalue weighted by Crippen LogP contribution is -2.53. The molecule has 0 unspecified atom stereocenters. The highest BCUT2D eigenvalue weighted by Gasteiger charge is 2.37. The lowest BCUT2D eigenvalue weighted by molar-refractivity contribution is -0.127. The molecular formula is C23H28N2O3. The Hall–Kier alpha value is -2.66. The fraction of sp³-hybridized carbons (Fsp3) is 0.391. The van der Waals surface area contributed by atoms with Crippen LogP contribution < -0.4 is 5.32 Å². The Kier molecular flexibility index (Phi) is 6.47. The lowest BCUT2D eigenvalue weighted by Gasteiger charge is -2.30. The van der Waals surface area contributed by atoms with Crippen molar-refractivity contribution in [1.29, 1.82) is 0 Å². The summed E-state index contributed by atoms with van der Waals surface area (Å²) in [7, 11) is 0. The summed E-state index contributed by atoms with van der Waals surface area (Å²) < 4.78 is 0. The van der Waals surface area contributed by atoms with Crippen LogP contribution in [0.2, 0.25) is 0 Å². The summed E-state index contributed by atoms with van der Waals surface area (Å²) in [4.78, 5) is 27.8. The Balaban J connectivity index is 1.85. The van der Waals surface area contributed by atoms with Crippen LogP contribution in [0.4, 0.5) is 0 Å². The number of hydrogen-bond acceptors (Lipinski definition) is 3. The predicted octanol–water partition coefficient (Wildman–Crippen LogP) is 2.78. The molecule has 0 aromatic heterocycles. The molecule has 2 N–H and O–H groups in total. The summed E-state index contributed by atoms with van der Waals surface area (Å²) in [5, 5.41) is 12.7. The Morgan fingerprint density at radius 1 is 1.14 bits per heavy atom. The molecule has 5 nitrogen and oxygen atoms in total. The Morgan fingerprint density at radius 2 is 1.82 bits per heavy atom. The van der Waals surface area contributed by atoms with E-state index in [1.165, 1.54) is 0 Å². The second kappa shape index (κ2) is 9.02. The quantitative estimate of drug-likeness (QED) is 0.740. The third-order valence-electron chi connectivity index (χ3n) is 5.66. The van der Waals surface area contributed by atoms with Crippen LogP contribution in [-0.4, -0.2) is 40.5 Å². The van der Waals surface area contributed by atoms with E-state index in [2.05, 4.69) is 5.32 Å². The number of fused-ring (bicyclic) bond motifs is 1. The molecule has 0 spiro atoms. The van der Waals surface area contributed by atoms with Crippen LogP contribution in [0.3, 0.4) is 0 Å². The largest absolute Gasteiger partial charge is 0.394 e. The average Bonchev–Trinajstić information content (AvgIpc) is 3.06. The Bertz CT molecular complexity index is 822. The van der Waals surface area contributed by atoms with Gasteiger partial charge in [0.05, 0.1) is 12.6 Å². The number of carbonyl (C=O) groups excluding carboxylic acids is 2. The second-order valence-corrected chi connectivity index (χ2v) is 7.48. The van der Waals surface area contributed by atoms with Gasteiger partial charge in [0.1, 0.15) is 6.04 Å². The third-order valence-corrected chi connectivity index (χ3v) is 5.66. The third kappa shape index (κ3) is 4.25. The average molecular weight is 380 g/mol. The molecule has 5 heteroatoms. The zero-order valence-corrected chi connectivity index (χ0v) is 16.5. The molecule has 0 bridgehead atoms. The van der Waals surface area contributed by atoms with Crippen molar-refractivity contribution in [2.24, 2.45) is 5.92 Å². The molecule has 2 aromatic carbocycles. The van der Waals surface area contributed by atoms with Crippen LogP contribution in [0, 0.1) is 5.92 Å². The molecule has 1 aliphatic rings. The van der Waals surface area contributed by atoms with Crippen LogP contribution >= 0.6 is 0 Å². The number of nitrogens with one attached hydrogen (secondary N) is 1. The molecule has 3 atom stereocenters. The summed E-state index contributed by atoms with van der Waals surface area (Å²) in [5.74, 6) is -0.182. The van der Waals surface area contributed by atoms with E-state index < -0.39 is 6.04 Å². The van der Waals surface area contributed by atoms with Gasteiger partial charge in [-0.3, -0.25) is 9.59 Å². The van der Waals surface area contributed by atoms with Gasteiger partial charge in [-0.2, -0.15) is 0 Å². The molecular weight excluding hydrogens is 352 g/mol. The number of aliphatic hydroxyl groups excluding tert-OH is 1. The molecule has 0 radical (unpaired) electrons. The van der Waals surface area contributed by atoms with Crippen molar-refractivity contribution in [3.8, 4) is 0 Å². The van der Waals surface area contributed by atoms with E-state index in [4.69, 9.17) is 0 Å². The number of carbonyl (C=O) groups is 2. The van der Waals surface area contributed by atoms with Gasteiger partial charge in [0, 0.05) is 18.5 Å². The number of nitrogens with zero attached hydrogens (tertiary/aromatic N) is 1. The van der Waals surface area contributed by atoms with Crippen LogP contribution in [0.15, 0.2) is 54.6 Å². The maximum absolute atomic E-state index is 13.2. The van der Waals surface area contributed by atoms with E-state index in [9.17, 15) is 14.7 Å². The van der Waals surface area contributed by atoms with Crippen LogP contribution in [0.5, 0.6) is 0 Å². The number of rotatable bonds is 8. The smallest absolute Gasteiger partial charge is 0.255 e. The fourth-order valence-electron chi connectivity index (χ4n) is 3.64. The maximum Gasteiger partial charge on any atom is 0.255 e. The van der Waals surface area contributed by atoms with E-state index in [-0.39, 0.29) is 30.4 Å². The maximum atomic E-state index is 13.2. The molecule has 1 heterocycles. The second-order valence-electron chi connectivity index (χ2n) is 7.48. The zero-order valence-electron chi connectivity index (χ0n) is 16.5. The molecule has 2 amide bonds. The Morgan fingerprint density at radius 3 is 2.46 bits per heavy atom. The lowest BCUT2D eigenvalue weighted by atomic mass is 9.98. The fourth-order valence-corrected chi connectivity index (χ4v) is 3.64. The van der Waals surface area contributed by atoms with Gasteiger partial charge in [0.25, 0.3) is 5.91 Å². The minimum Gasteiger partial charge on any atom is -0.394 e. The van der Waals surface area contributed by atoms with E-state index in [0.29, 0.717) is 18.5 Å². The topological polar surface area (TPSA) is 69.6 Å². The normalized spacial score (nSPS) is 16.4. The summed E-state index contributed by atoms with van der Waals surface area (Å²) in [6.45, 7) is 4.34. The van der Waals surface area contributed by atoms with Gasteiger partial charge in [-0.15, -0.1) is 0 Å². The molecule has 0 fully saturated rings. The van der Waals surface area contributed by atoms with Gasteiger partial charge < -0.3 is 15.3 Å². The Labute approximate surface area is 166 Å². The first kappa shape index (κ1) is 20.1. The van der Waals surface area contributed by atoms with Crippen molar-refractivity contribution >= 4 is 11.8 Å². The van der Waals surface area contributed by atoms with E-state index in [1.54, 1.807) is 4.90 Å². The highest BCUT2D eigenvalue weighted by Crippen LogP contribution is 2.26. The number of benzene rings is 2. The summed E-state index contributed by atoms with van der Waals surface area (Å²) in [5.41, 5.74) is 2.60. The minimum absolute atomic E-state index is 0.115. The first-order chi connectivity index (χ1) is 13.5. The summed E-state index contributed by atoms with van der Waals surface area (Å²) in [6.07, 6.45) is 1.29. The van der Waals surface area contributed by atoms with Crippen molar-refractivity contribution in [1.82, 2.24) is 10.2 Å². The van der Waals surface area contributed by atoms with E-state index in [0.717, 1.165) is 17.5 Å². The highest BCUT2D eigenvalue weighted by atomic mass is 16.3. The van der Waals surface area contributed by atoms with Gasteiger partial charge in [0.2, 0.25) is 5.91 Å². The van der Waals surface area contributed by atoms with E-state index >= 15 is 0 Å². The molecule has 3 rings (SSSR count). The standard InChI is InChI=1S/C23H28N2O3/c1-3-16(2)20(15-26)24-22(27)21(13-17-9-5-4-6-10-17)25-14-18-11-7-8-12-19(18)23(25)28/h4-12,16,20-21,26H,3,13-15H2,1-2H3,(H,24,27)/t16-,20+,21+/m0/s1. The highest BCUT2D eigenvalue weighted by molar-refractivity contribution is 6.01. The van der Waals surface area contributed by atoms with Gasteiger partial charge in [-0.1, -0.05) is 68.8 Å². The van der Waals surface area contributed by atoms with Crippen molar-refractivity contribution in [2.75, 3.05) is 6.61 Å². The summed E-state index contributed by atoms with van der Waals surface area (Å²) >= 11 is 0. The van der Waals surface area contributed by atoms with Crippen LogP contribution in [-0.2, 0) is 17.8 Å². The summed E-state index contributed by atoms with van der Waals surface area (Å²) in [6, 6.07) is 16.3. The van der Waals surface area contributed by atoms with Crippen LogP contribution in [0.1, 0.15) is 41.8 Å². The first-order valence-corrected chi connectivity index (χ1v) is 9.89.